The maximum atomic E-state index is 13.2. The molecule has 4 heteroatoms. The van der Waals surface area contributed by atoms with Crippen LogP contribution in [0.25, 0.3) is 0 Å². The fourth-order valence-corrected chi connectivity index (χ4v) is 1.93. The van der Waals surface area contributed by atoms with Crippen molar-refractivity contribution in [2.75, 3.05) is 6.54 Å². The van der Waals surface area contributed by atoms with E-state index in [1.54, 1.807) is 12.1 Å². The van der Waals surface area contributed by atoms with E-state index in [4.69, 9.17) is 5.73 Å². The summed E-state index contributed by atoms with van der Waals surface area (Å²) in [5.74, 6) is -0.834. The van der Waals surface area contributed by atoms with Gasteiger partial charge in [-0.2, -0.15) is 0 Å². The molecule has 1 amide bonds. The third-order valence-electron chi connectivity index (χ3n) is 2.95. The van der Waals surface area contributed by atoms with Crippen LogP contribution in [-0.4, -0.2) is 12.5 Å². The zero-order valence-electron chi connectivity index (χ0n) is 10.3. The fraction of sp³-hybridized carbons (Fsp3) is 0.462. The van der Waals surface area contributed by atoms with Crippen molar-refractivity contribution in [3.8, 4) is 0 Å². The zero-order chi connectivity index (χ0) is 12.9. The van der Waals surface area contributed by atoms with E-state index in [0.717, 1.165) is 6.42 Å². The van der Waals surface area contributed by atoms with Crippen molar-refractivity contribution in [2.24, 2.45) is 5.73 Å². The predicted octanol–water partition coefficient (Wildman–Crippen LogP) is 1.92. The summed E-state index contributed by atoms with van der Waals surface area (Å²) in [4.78, 5) is 11.7. The summed E-state index contributed by atoms with van der Waals surface area (Å²) in [5, 5.41) is 3.13. The maximum absolute atomic E-state index is 13.2. The highest BCUT2D eigenvalue weighted by Crippen LogP contribution is 2.25. The summed E-state index contributed by atoms with van der Waals surface area (Å²) >= 11 is 0. The molecule has 0 spiro atoms. The quantitative estimate of drug-likeness (QED) is 0.795. The summed E-state index contributed by atoms with van der Waals surface area (Å²) in [6.07, 6.45) is 1.37. The van der Waals surface area contributed by atoms with Crippen molar-refractivity contribution < 1.29 is 9.18 Å². The molecule has 1 unspecified atom stereocenters. The van der Waals surface area contributed by atoms with Crippen molar-refractivity contribution in [3.63, 3.8) is 0 Å². The number of primary amides is 1. The molecule has 0 saturated heterocycles. The first-order valence-electron chi connectivity index (χ1n) is 5.87. The second kappa shape index (κ2) is 5.77. The Labute approximate surface area is 101 Å². The van der Waals surface area contributed by atoms with Crippen LogP contribution >= 0.6 is 0 Å². The van der Waals surface area contributed by atoms with Crippen LogP contribution in [0, 0.1) is 5.82 Å². The minimum absolute atomic E-state index is 0.361. The molecule has 1 aromatic rings. The molecule has 0 aromatic heterocycles. The number of rotatable bonds is 6. The second-order valence-corrected chi connectivity index (χ2v) is 4.06. The lowest BCUT2D eigenvalue weighted by Gasteiger charge is -2.31. The summed E-state index contributed by atoms with van der Waals surface area (Å²) in [7, 11) is 0. The average molecular weight is 238 g/mol. The Hall–Kier alpha value is -1.42. The van der Waals surface area contributed by atoms with Gasteiger partial charge in [0.05, 0.1) is 0 Å². The van der Waals surface area contributed by atoms with Crippen molar-refractivity contribution in [1.29, 1.82) is 0 Å². The summed E-state index contributed by atoms with van der Waals surface area (Å²) < 4.78 is 13.2. The molecule has 3 nitrogen and oxygen atoms in total. The molecule has 0 heterocycles. The highest BCUT2D eigenvalue weighted by molar-refractivity contribution is 5.86. The summed E-state index contributed by atoms with van der Waals surface area (Å²) in [5.41, 5.74) is 5.09. The molecule has 1 aromatic carbocycles. The molecule has 17 heavy (non-hydrogen) atoms. The molecular weight excluding hydrogens is 219 g/mol. The van der Waals surface area contributed by atoms with Gasteiger partial charge in [0.2, 0.25) is 5.91 Å². The zero-order valence-corrected chi connectivity index (χ0v) is 10.3. The fourth-order valence-electron chi connectivity index (χ4n) is 1.93. The van der Waals surface area contributed by atoms with Crippen molar-refractivity contribution >= 4 is 5.91 Å². The third kappa shape index (κ3) is 2.82. The lowest BCUT2D eigenvalue weighted by Crippen LogP contribution is -2.52. The Morgan fingerprint density at radius 2 is 2.18 bits per heavy atom. The van der Waals surface area contributed by atoms with Crippen LogP contribution in [0.4, 0.5) is 4.39 Å². The van der Waals surface area contributed by atoms with Crippen LogP contribution in [0.5, 0.6) is 0 Å². The lowest BCUT2D eigenvalue weighted by atomic mass is 9.86. The third-order valence-corrected chi connectivity index (χ3v) is 2.95. The molecule has 0 saturated carbocycles. The molecule has 0 fully saturated rings. The summed E-state index contributed by atoms with van der Waals surface area (Å²) in [6.45, 7) is 4.52. The molecule has 1 atom stereocenters. The molecule has 1 rings (SSSR count). The van der Waals surface area contributed by atoms with Gasteiger partial charge >= 0.3 is 0 Å². The van der Waals surface area contributed by atoms with Gasteiger partial charge in [-0.1, -0.05) is 26.0 Å². The lowest BCUT2D eigenvalue weighted by molar-refractivity contribution is -0.125. The van der Waals surface area contributed by atoms with Gasteiger partial charge in [-0.3, -0.25) is 10.1 Å². The topological polar surface area (TPSA) is 55.1 Å². The van der Waals surface area contributed by atoms with Gasteiger partial charge in [0, 0.05) is 0 Å². The highest BCUT2D eigenvalue weighted by atomic mass is 19.1. The number of amides is 1. The molecule has 0 bridgehead atoms. The Balaban J connectivity index is 3.16. The van der Waals surface area contributed by atoms with Crippen molar-refractivity contribution in [1.82, 2.24) is 5.32 Å². The largest absolute Gasteiger partial charge is 0.368 e. The Morgan fingerprint density at radius 1 is 1.47 bits per heavy atom. The van der Waals surface area contributed by atoms with Gasteiger partial charge in [-0.25, -0.2) is 4.39 Å². The number of hydrogen-bond donors (Lipinski definition) is 2. The van der Waals surface area contributed by atoms with Crippen LogP contribution in [-0.2, 0) is 10.3 Å². The smallest absolute Gasteiger partial charge is 0.242 e. The molecular formula is C13H19FN2O. The number of carbonyl (C=O) groups is 1. The van der Waals surface area contributed by atoms with Crippen LogP contribution in [0.3, 0.4) is 0 Å². The molecule has 3 N–H and O–H groups in total. The number of halogens is 1. The molecule has 94 valence electrons. The molecule has 0 aliphatic heterocycles. The monoisotopic (exact) mass is 238 g/mol. The standard InChI is InChI=1S/C13H19FN2O/c1-3-8-16-13(4-2,12(15)17)10-6-5-7-11(14)9-10/h5-7,9,16H,3-4,8H2,1-2H3,(H2,15,17). The Kier molecular flexibility index (Phi) is 4.63. The van der Waals surface area contributed by atoms with Gasteiger partial charge in [0.25, 0.3) is 0 Å². The van der Waals surface area contributed by atoms with Crippen LogP contribution in [0.15, 0.2) is 24.3 Å². The van der Waals surface area contributed by atoms with E-state index in [1.165, 1.54) is 12.1 Å². The number of nitrogens with one attached hydrogen (secondary N) is 1. The van der Waals surface area contributed by atoms with E-state index in [1.807, 2.05) is 13.8 Å². The van der Waals surface area contributed by atoms with E-state index in [2.05, 4.69) is 5.32 Å². The normalized spacial score (nSPS) is 14.3. The SMILES string of the molecule is CCCNC(CC)(C(N)=O)c1cccc(F)c1. The van der Waals surface area contributed by atoms with Gasteiger partial charge in [-0.15, -0.1) is 0 Å². The first kappa shape index (κ1) is 13.6. The molecule has 0 aliphatic carbocycles. The number of benzene rings is 1. The summed E-state index contributed by atoms with van der Waals surface area (Å²) in [6, 6.07) is 6.02. The van der Waals surface area contributed by atoms with Gasteiger partial charge in [0.1, 0.15) is 11.4 Å². The number of nitrogens with two attached hydrogens (primary N) is 1. The van der Waals surface area contributed by atoms with E-state index in [-0.39, 0.29) is 5.82 Å². The van der Waals surface area contributed by atoms with E-state index >= 15 is 0 Å². The predicted molar refractivity (Wildman–Crippen MR) is 65.9 cm³/mol. The first-order chi connectivity index (χ1) is 8.06. The van der Waals surface area contributed by atoms with E-state index < -0.39 is 11.4 Å². The second-order valence-electron chi connectivity index (χ2n) is 4.06. The Morgan fingerprint density at radius 3 is 2.65 bits per heavy atom. The molecule has 0 radical (unpaired) electrons. The van der Waals surface area contributed by atoms with E-state index in [0.29, 0.717) is 18.5 Å². The average Bonchev–Trinajstić information content (AvgIpc) is 2.30. The van der Waals surface area contributed by atoms with Gasteiger partial charge in [0.15, 0.2) is 0 Å². The Bertz CT molecular complexity index is 395. The minimum Gasteiger partial charge on any atom is -0.368 e. The van der Waals surface area contributed by atoms with Crippen molar-refractivity contribution in [2.45, 2.75) is 32.2 Å². The number of hydrogen-bond acceptors (Lipinski definition) is 2. The van der Waals surface area contributed by atoms with Gasteiger partial charge < -0.3 is 5.73 Å². The highest BCUT2D eigenvalue weighted by Gasteiger charge is 2.36. The van der Waals surface area contributed by atoms with E-state index in [9.17, 15) is 9.18 Å². The van der Waals surface area contributed by atoms with Crippen LogP contribution < -0.4 is 11.1 Å². The van der Waals surface area contributed by atoms with Crippen LogP contribution in [0.1, 0.15) is 32.3 Å². The minimum atomic E-state index is -0.974. The maximum Gasteiger partial charge on any atom is 0.242 e. The van der Waals surface area contributed by atoms with Gasteiger partial charge in [-0.05, 0) is 37.1 Å². The first-order valence-corrected chi connectivity index (χ1v) is 5.87. The van der Waals surface area contributed by atoms with Crippen molar-refractivity contribution in [3.05, 3.63) is 35.6 Å². The number of carbonyl (C=O) groups excluding carboxylic acids is 1. The molecule has 0 aliphatic rings. The van der Waals surface area contributed by atoms with Crippen LogP contribution in [0.2, 0.25) is 0 Å².